The van der Waals surface area contributed by atoms with Gasteiger partial charge >= 0.3 is 150 Å². The van der Waals surface area contributed by atoms with Gasteiger partial charge in [0.25, 0.3) is 6.47 Å². The van der Waals surface area contributed by atoms with Gasteiger partial charge < -0.3 is 30.9 Å². The molecular formula is C29H38Cs2N4O9. The minimum Gasteiger partial charge on any atom is -1.00 e. The summed E-state index contributed by atoms with van der Waals surface area (Å²) in [6.07, 6.45) is 0. The fourth-order valence-electron chi connectivity index (χ4n) is 3.43. The average molecular weight is 852 g/mol. The molecule has 13 nitrogen and oxygen atoms in total. The second-order valence-corrected chi connectivity index (χ2v) is 10.1. The third-order valence-electron chi connectivity index (χ3n) is 5.36. The van der Waals surface area contributed by atoms with E-state index in [9.17, 15) is 14.7 Å². The molecule has 0 unspecified atom stereocenters. The summed E-state index contributed by atoms with van der Waals surface area (Å²) in [5.74, 6) is -0.821. The van der Waals surface area contributed by atoms with Gasteiger partial charge in [0.15, 0.2) is 11.4 Å². The van der Waals surface area contributed by atoms with Gasteiger partial charge in [-0.2, -0.15) is 10.2 Å². The molecule has 0 saturated carbocycles. The van der Waals surface area contributed by atoms with Crippen LogP contribution in [-0.2, 0) is 30.4 Å². The Kier molecular flexibility index (Phi) is 21.5. The van der Waals surface area contributed by atoms with Crippen molar-refractivity contribution in [1.29, 1.82) is 0 Å². The molecule has 2 aromatic heterocycles. The van der Waals surface area contributed by atoms with Crippen molar-refractivity contribution < 1.29 is 183 Å². The van der Waals surface area contributed by atoms with Crippen LogP contribution in [-0.4, -0.2) is 74.5 Å². The number of carbonyl (C=O) groups excluding carboxylic acids is 3. The van der Waals surface area contributed by atoms with E-state index < -0.39 is 11.6 Å². The Hall–Kier alpha value is -0.226. The van der Waals surface area contributed by atoms with Gasteiger partial charge in [0.1, 0.15) is 0 Å². The fraction of sp³-hybridized carbons (Fsp3) is 0.414. The standard InChI is InChI=1S/C14H18N2O3.C10H10N2O2.C4H8O.CH2O3.2Cs.H/c1-4-19-13(17)12-10-7-5-6-8-11(10)16(15-12)9-14(2,3)18;1-2-14-10(13)9-7-5-3-4-6-8(7)11-12-9;1-4(2)3-5-4;2-1-4-3;;;/h5-8,18H,4,9H2,1-3H3;3-6H,2H2,1H3,(H,11,12);3H2,1-2H3;1,3H;;;/q;;;;2*+1;-1/p-1. The predicted molar refractivity (Wildman–Crippen MR) is 152 cm³/mol. The zero-order valence-electron chi connectivity index (χ0n) is 27.6. The maximum absolute atomic E-state index is 11.9. The summed E-state index contributed by atoms with van der Waals surface area (Å²) in [4.78, 5) is 34.5. The van der Waals surface area contributed by atoms with Gasteiger partial charge in [-0.25, -0.2) is 9.59 Å². The van der Waals surface area contributed by atoms with Gasteiger partial charge in [-0.15, -0.1) is 0 Å². The first-order valence-electron chi connectivity index (χ1n) is 13.2. The molecule has 0 amide bonds. The SMILES string of the molecule is CC1(C)CO1.CCOC(=O)c1n[nH]c2ccccc12.CCOC(=O)c1nn(CC(C)(C)O)c2ccccc12.O=CO[O-].[Cs+].[Cs+].[H-]. The van der Waals surface area contributed by atoms with E-state index in [-0.39, 0.29) is 157 Å². The first-order chi connectivity index (χ1) is 19.9. The smallest absolute Gasteiger partial charge is 1.00 e. The average Bonchev–Trinajstić information content (AvgIpc) is 3.33. The molecule has 230 valence electrons. The van der Waals surface area contributed by atoms with E-state index in [0.717, 1.165) is 28.4 Å². The number of esters is 2. The van der Waals surface area contributed by atoms with E-state index in [1.54, 1.807) is 32.4 Å². The van der Waals surface area contributed by atoms with Gasteiger partial charge in [0.2, 0.25) is 0 Å². The number of para-hydroxylation sites is 2. The van der Waals surface area contributed by atoms with Crippen LogP contribution in [0.1, 0.15) is 63.9 Å². The normalized spacial score (nSPS) is 12.3. The Morgan fingerprint density at radius 1 is 1.05 bits per heavy atom. The molecule has 1 saturated heterocycles. The predicted octanol–water partition coefficient (Wildman–Crippen LogP) is -2.93. The molecule has 4 aromatic rings. The van der Waals surface area contributed by atoms with Crippen molar-refractivity contribution in [3.05, 3.63) is 59.9 Å². The fourth-order valence-corrected chi connectivity index (χ4v) is 3.43. The molecule has 1 fully saturated rings. The number of aromatic nitrogens is 4. The summed E-state index contributed by atoms with van der Waals surface area (Å²) < 4.78 is 16.4. The van der Waals surface area contributed by atoms with Crippen molar-refractivity contribution in [3.63, 3.8) is 0 Å². The summed E-state index contributed by atoms with van der Waals surface area (Å²) in [6, 6.07) is 14.9. The van der Waals surface area contributed by atoms with Crippen molar-refractivity contribution >= 4 is 40.2 Å². The number of nitrogens with one attached hydrogen (secondary N) is 1. The van der Waals surface area contributed by atoms with Crippen molar-refractivity contribution in [2.24, 2.45) is 0 Å². The molecule has 0 radical (unpaired) electrons. The van der Waals surface area contributed by atoms with Crippen molar-refractivity contribution in [3.8, 4) is 0 Å². The van der Waals surface area contributed by atoms with Crippen molar-refractivity contribution in [2.75, 3.05) is 19.8 Å². The van der Waals surface area contributed by atoms with Crippen LogP contribution in [0.4, 0.5) is 0 Å². The molecule has 0 atom stereocenters. The molecule has 2 N–H and O–H groups in total. The summed E-state index contributed by atoms with van der Waals surface area (Å²) >= 11 is 0. The number of aliphatic hydroxyl groups is 1. The Labute approximate surface area is 375 Å². The molecular weight excluding hydrogens is 814 g/mol. The molecule has 5 rings (SSSR count). The van der Waals surface area contributed by atoms with Crippen LogP contribution in [0.2, 0.25) is 0 Å². The number of fused-ring (bicyclic) bond motifs is 2. The number of ether oxygens (including phenoxy) is 3. The maximum Gasteiger partial charge on any atom is 1.00 e. The molecule has 2 aromatic carbocycles. The monoisotopic (exact) mass is 852 g/mol. The molecule has 0 aliphatic carbocycles. The Balaban J connectivity index is 0. The van der Waals surface area contributed by atoms with Crippen LogP contribution in [0.5, 0.6) is 0 Å². The number of aromatic amines is 1. The molecule has 1 aliphatic heterocycles. The Morgan fingerprint density at radius 2 is 1.52 bits per heavy atom. The largest absolute Gasteiger partial charge is 1.00 e. The van der Waals surface area contributed by atoms with Crippen LogP contribution in [0.3, 0.4) is 0 Å². The first-order valence-corrected chi connectivity index (χ1v) is 13.2. The molecule has 15 heteroatoms. The topological polar surface area (TPSA) is 181 Å². The number of H-pyrrole nitrogens is 1. The Morgan fingerprint density at radius 3 is 2.00 bits per heavy atom. The third kappa shape index (κ3) is 15.1. The van der Waals surface area contributed by atoms with E-state index in [1.807, 2.05) is 48.5 Å². The second kappa shape index (κ2) is 21.6. The van der Waals surface area contributed by atoms with Crippen LogP contribution in [0.25, 0.3) is 21.8 Å². The van der Waals surface area contributed by atoms with Crippen LogP contribution >= 0.6 is 0 Å². The van der Waals surface area contributed by atoms with Gasteiger partial charge in [-0.05, 0) is 53.7 Å². The molecule has 3 heterocycles. The number of nitrogens with zero attached hydrogens (tertiary/aromatic N) is 3. The second-order valence-electron chi connectivity index (χ2n) is 10.1. The minimum atomic E-state index is -0.902. The van der Waals surface area contributed by atoms with Gasteiger partial charge in [-0.1, -0.05) is 36.4 Å². The van der Waals surface area contributed by atoms with E-state index in [2.05, 4.69) is 34.0 Å². The number of hydrogen-bond donors (Lipinski definition) is 2. The maximum atomic E-state index is 11.9. The van der Waals surface area contributed by atoms with Gasteiger partial charge in [0.05, 0.1) is 48.6 Å². The number of rotatable bonds is 7. The number of hydrogen-bond acceptors (Lipinski definition) is 11. The van der Waals surface area contributed by atoms with Crippen LogP contribution in [0, 0.1) is 0 Å². The van der Waals surface area contributed by atoms with Gasteiger partial charge in [-0.3, -0.25) is 14.6 Å². The van der Waals surface area contributed by atoms with E-state index in [0.29, 0.717) is 31.1 Å². The van der Waals surface area contributed by atoms with Crippen molar-refractivity contribution in [2.45, 2.75) is 59.3 Å². The number of epoxide rings is 1. The van der Waals surface area contributed by atoms with Gasteiger partial charge in [0, 0.05) is 10.8 Å². The van der Waals surface area contributed by atoms with Crippen molar-refractivity contribution in [1.82, 2.24) is 20.0 Å². The first kappa shape index (κ1) is 43.8. The van der Waals surface area contributed by atoms with E-state index >= 15 is 0 Å². The zero-order valence-corrected chi connectivity index (χ0v) is 39.1. The summed E-state index contributed by atoms with van der Waals surface area (Å²) in [5.41, 5.74) is 1.65. The van der Waals surface area contributed by atoms with Crippen LogP contribution in [0.15, 0.2) is 48.5 Å². The number of carbonyl (C=O) groups is 3. The van der Waals surface area contributed by atoms with E-state index in [1.165, 1.54) is 0 Å². The van der Waals surface area contributed by atoms with E-state index in [4.69, 9.17) is 24.3 Å². The summed E-state index contributed by atoms with van der Waals surface area (Å²) in [6.45, 7) is 12.8. The minimum absolute atomic E-state index is 0. The Bertz CT molecular complexity index is 1470. The summed E-state index contributed by atoms with van der Waals surface area (Å²) in [7, 11) is 0. The molecule has 0 spiro atoms. The molecule has 44 heavy (non-hydrogen) atoms. The molecule has 1 aliphatic rings. The summed E-state index contributed by atoms with van der Waals surface area (Å²) in [5, 5.41) is 30.8. The third-order valence-corrected chi connectivity index (χ3v) is 5.36. The number of benzene rings is 2. The van der Waals surface area contributed by atoms with Crippen LogP contribution < -0.4 is 143 Å². The quantitative estimate of drug-likeness (QED) is 0.0640. The zero-order chi connectivity index (χ0) is 31.3. The molecule has 0 bridgehead atoms.